The maximum atomic E-state index is 13.2. The van der Waals surface area contributed by atoms with Gasteiger partial charge in [0, 0.05) is 21.8 Å². The fourth-order valence-corrected chi connectivity index (χ4v) is 2.12. The van der Waals surface area contributed by atoms with Crippen LogP contribution >= 0.6 is 0 Å². The normalized spacial score (nSPS) is 11.0. The summed E-state index contributed by atoms with van der Waals surface area (Å²) in [5.41, 5.74) is 2.10. The summed E-state index contributed by atoms with van der Waals surface area (Å²) in [7, 11) is 1.34. The molecular formula is C14H10FNO2. The predicted molar refractivity (Wildman–Crippen MR) is 67.1 cm³/mol. The van der Waals surface area contributed by atoms with E-state index in [0.717, 1.165) is 21.8 Å². The van der Waals surface area contributed by atoms with Gasteiger partial charge in [0.25, 0.3) is 0 Å². The van der Waals surface area contributed by atoms with Gasteiger partial charge >= 0.3 is 5.97 Å². The predicted octanol–water partition coefficient (Wildman–Crippen LogP) is 3.25. The average Bonchev–Trinajstić information content (AvgIpc) is 2.74. The zero-order valence-corrected chi connectivity index (χ0v) is 9.66. The Hall–Kier alpha value is -2.36. The number of halogens is 1. The van der Waals surface area contributed by atoms with E-state index in [1.807, 2.05) is 0 Å². The lowest BCUT2D eigenvalue weighted by molar-refractivity contribution is 0.0601. The Bertz CT molecular complexity index is 761. The van der Waals surface area contributed by atoms with E-state index >= 15 is 0 Å². The Morgan fingerprint density at radius 3 is 2.72 bits per heavy atom. The van der Waals surface area contributed by atoms with Crippen molar-refractivity contribution >= 4 is 27.8 Å². The molecule has 1 aromatic heterocycles. The lowest BCUT2D eigenvalue weighted by atomic mass is 10.1. The third-order valence-electron chi connectivity index (χ3n) is 2.98. The molecule has 90 valence electrons. The van der Waals surface area contributed by atoms with E-state index in [9.17, 15) is 9.18 Å². The largest absolute Gasteiger partial charge is 0.465 e. The zero-order chi connectivity index (χ0) is 12.7. The van der Waals surface area contributed by atoms with Crippen molar-refractivity contribution in [3.8, 4) is 0 Å². The maximum Gasteiger partial charge on any atom is 0.337 e. The van der Waals surface area contributed by atoms with Crippen LogP contribution in [0.15, 0.2) is 36.4 Å². The first kappa shape index (κ1) is 10.8. The first-order chi connectivity index (χ1) is 8.69. The molecule has 1 N–H and O–H groups in total. The van der Waals surface area contributed by atoms with Gasteiger partial charge in [-0.05, 0) is 30.3 Å². The fourth-order valence-electron chi connectivity index (χ4n) is 2.12. The molecule has 1 heterocycles. The van der Waals surface area contributed by atoms with Crippen molar-refractivity contribution in [1.82, 2.24) is 4.98 Å². The molecular weight excluding hydrogens is 233 g/mol. The van der Waals surface area contributed by atoms with Crippen LogP contribution in [0.4, 0.5) is 4.39 Å². The number of rotatable bonds is 1. The van der Waals surface area contributed by atoms with Crippen LogP contribution in [0.5, 0.6) is 0 Å². The second-order valence-electron chi connectivity index (χ2n) is 4.07. The van der Waals surface area contributed by atoms with Crippen molar-refractivity contribution in [3.63, 3.8) is 0 Å². The number of fused-ring (bicyclic) bond motifs is 3. The molecule has 0 amide bonds. The minimum absolute atomic E-state index is 0.277. The second kappa shape index (κ2) is 3.84. The summed E-state index contributed by atoms with van der Waals surface area (Å²) in [6.45, 7) is 0. The van der Waals surface area contributed by atoms with E-state index in [-0.39, 0.29) is 11.8 Å². The average molecular weight is 243 g/mol. The van der Waals surface area contributed by atoms with Crippen LogP contribution in [0.25, 0.3) is 21.8 Å². The van der Waals surface area contributed by atoms with Gasteiger partial charge in [0.1, 0.15) is 5.82 Å². The third kappa shape index (κ3) is 1.54. The molecule has 0 fully saturated rings. The van der Waals surface area contributed by atoms with Crippen LogP contribution < -0.4 is 0 Å². The van der Waals surface area contributed by atoms with E-state index in [1.165, 1.54) is 19.2 Å². The molecule has 0 bridgehead atoms. The summed E-state index contributed by atoms with van der Waals surface area (Å²) in [6, 6.07) is 9.73. The number of hydrogen-bond acceptors (Lipinski definition) is 2. The summed E-state index contributed by atoms with van der Waals surface area (Å²) >= 11 is 0. The smallest absolute Gasteiger partial charge is 0.337 e. The van der Waals surface area contributed by atoms with E-state index in [0.29, 0.717) is 5.56 Å². The van der Waals surface area contributed by atoms with E-state index in [2.05, 4.69) is 9.72 Å². The van der Waals surface area contributed by atoms with Crippen LogP contribution in [0, 0.1) is 5.82 Å². The van der Waals surface area contributed by atoms with Gasteiger partial charge in [-0.2, -0.15) is 0 Å². The minimum atomic E-state index is -0.387. The van der Waals surface area contributed by atoms with Crippen LogP contribution in [0.2, 0.25) is 0 Å². The van der Waals surface area contributed by atoms with Crippen LogP contribution in [0.3, 0.4) is 0 Å². The summed E-state index contributed by atoms with van der Waals surface area (Å²) < 4.78 is 17.9. The second-order valence-corrected chi connectivity index (χ2v) is 4.07. The zero-order valence-electron chi connectivity index (χ0n) is 9.66. The van der Waals surface area contributed by atoms with Gasteiger partial charge in [-0.25, -0.2) is 9.18 Å². The highest BCUT2D eigenvalue weighted by atomic mass is 19.1. The van der Waals surface area contributed by atoms with Crippen molar-refractivity contribution in [2.45, 2.75) is 0 Å². The Balaban J connectivity index is 2.30. The minimum Gasteiger partial charge on any atom is -0.465 e. The summed E-state index contributed by atoms with van der Waals surface area (Å²) in [6.07, 6.45) is 0. The highest BCUT2D eigenvalue weighted by Gasteiger charge is 2.09. The first-order valence-electron chi connectivity index (χ1n) is 5.48. The molecule has 4 heteroatoms. The van der Waals surface area contributed by atoms with Gasteiger partial charge in [-0.3, -0.25) is 0 Å². The van der Waals surface area contributed by atoms with Crippen LogP contribution in [-0.2, 0) is 4.74 Å². The molecule has 3 aromatic rings. The standard InChI is InChI=1S/C14H10FNO2/c1-18-14(17)8-2-4-10-11-7-9(15)3-5-12(11)16-13(10)6-8/h2-7,16H,1H3. The summed E-state index contributed by atoms with van der Waals surface area (Å²) in [5, 5.41) is 1.69. The molecule has 0 spiro atoms. The number of methoxy groups -OCH3 is 1. The van der Waals surface area contributed by atoms with Crippen molar-refractivity contribution in [3.05, 3.63) is 47.8 Å². The first-order valence-corrected chi connectivity index (χ1v) is 5.48. The molecule has 0 saturated carbocycles. The number of hydrogen-bond donors (Lipinski definition) is 1. The monoisotopic (exact) mass is 243 g/mol. The summed E-state index contributed by atoms with van der Waals surface area (Å²) in [5.74, 6) is -0.665. The van der Waals surface area contributed by atoms with E-state index in [4.69, 9.17) is 0 Å². The Labute approximate surface area is 102 Å². The fraction of sp³-hybridized carbons (Fsp3) is 0.0714. The molecule has 18 heavy (non-hydrogen) atoms. The molecule has 0 aliphatic carbocycles. The number of carbonyl (C=O) groups excluding carboxylic acids is 1. The number of aromatic amines is 1. The molecule has 0 radical (unpaired) electrons. The number of esters is 1. The number of H-pyrrole nitrogens is 1. The molecule has 0 saturated heterocycles. The molecule has 0 atom stereocenters. The van der Waals surface area contributed by atoms with Crippen LogP contribution in [-0.4, -0.2) is 18.1 Å². The number of ether oxygens (including phenoxy) is 1. The number of aromatic nitrogens is 1. The van der Waals surface area contributed by atoms with E-state index in [1.54, 1.807) is 24.3 Å². The van der Waals surface area contributed by atoms with Gasteiger partial charge in [-0.1, -0.05) is 6.07 Å². The Kier molecular flexibility index (Phi) is 2.30. The molecule has 3 rings (SSSR count). The Morgan fingerprint density at radius 1 is 1.11 bits per heavy atom. The molecule has 0 aliphatic rings. The highest BCUT2D eigenvalue weighted by Crippen LogP contribution is 2.26. The topological polar surface area (TPSA) is 42.1 Å². The number of benzene rings is 2. The van der Waals surface area contributed by atoms with Crippen molar-refractivity contribution in [1.29, 1.82) is 0 Å². The lowest BCUT2D eigenvalue weighted by Crippen LogP contribution is -2.00. The third-order valence-corrected chi connectivity index (χ3v) is 2.98. The van der Waals surface area contributed by atoms with Gasteiger partial charge < -0.3 is 9.72 Å². The van der Waals surface area contributed by atoms with Gasteiger partial charge in [0.15, 0.2) is 0 Å². The number of nitrogens with one attached hydrogen (secondary N) is 1. The van der Waals surface area contributed by atoms with Gasteiger partial charge in [-0.15, -0.1) is 0 Å². The molecule has 2 aromatic carbocycles. The molecule has 3 nitrogen and oxygen atoms in total. The lowest BCUT2D eigenvalue weighted by Gasteiger charge is -1.98. The van der Waals surface area contributed by atoms with Crippen molar-refractivity contribution < 1.29 is 13.9 Å². The van der Waals surface area contributed by atoms with Crippen molar-refractivity contribution in [2.75, 3.05) is 7.11 Å². The molecule has 0 aliphatic heterocycles. The SMILES string of the molecule is COC(=O)c1ccc2c(c1)[nH]c1ccc(F)cc12. The number of carbonyl (C=O) groups is 1. The quantitative estimate of drug-likeness (QED) is 0.666. The Morgan fingerprint density at radius 2 is 1.94 bits per heavy atom. The highest BCUT2D eigenvalue weighted by molar-refractivity contribution is 6.08. The summed E-state index contributed by atoms with van der Waals surface area (Å²) in [4.78, 5) is 14.6. The van der Waals surface area contributed by atoms with Crippen LogP contribution in [0.1, 0.15) is 10.4 Å². The van der Waals surface area contributed by atoms with Crippen molar-refractivity contribution in [2.24, 2.45) is 0 Å². The molecule has 0 unspecified atom stereocenters. The van der Waals surface area contributed by atoms with E-state index < -0.39 is 0 Å². The maximum absolute atomic E-state index is 13.2. The van der Waals surface area contributed by atoms with Gasteiger partial charge in [0.2, 0.25) is 0 Å². The van der Waals surface area contributed by atoms with Gasteiger partial charge in [0.05, 0.1) is 12.7 Å².